The number of aryl methyl sites for hydroxylation is 1. The van der Waals surface area contributed by atoms with Gasteiger partial charge < -0.3 is 9.88 Å². The van der Waals surface area contributed by atoms with Gasteiger partial charge in [-0.25, -0.2) is 4.98 Å². The molecule has 3 heterocycles. The van der Waals surface area contributed by atoms with Crippen molar-refractivity contribution in [3.05, 3.63) is 27.7 Å². The lowest BCUT2D eigenvalue weighted by atomic mass is 10.2. The zero-order valence-corrected chi connectivity index (χ0v) is 14.3. The Hall–Kier alpha value is -1.27. The summed E-state index contributed by atoms with van der Waals surface area (Å²) in [4.78, 5) is 4.65. The molecule has 6 heteroatoms. The summed E-state index contributed by atoms with van der Waals surface area (Å²) >= 11 is 1.76. The molecule has 1 aliphatic rings. The molecule has 1 N–H and O–H groups in total. The van der Waals surface area contributed by atoms with E-state index in [1.807, 2.05) is 0 Å². The Morgan fingerprint density at radius 3 is 3.00 bits per heavy atom. The number of hydrogen-bond acceptors (Lipinski definition) is 5. The highest BCUT2D eigenvalue weighted by Gasteiger charge is 2.14. The van der Waals surface area contributed by atoms with Gasteiger partial charge in [-0.2, -0.15) is 0 Å². The standard InChI is InChI=1S/C16H25N5S/c1-12(2)16-18-13(11-22-16)10-17-8-7-15-20-19-14-6-4-3-5-9-21(14)15/h11-12,17H,3-10H2,1-2H3. The van der Waals surface area contributed by atoms with Crippen molar-refractivity contribution in [3.63, 3.8) is 0 Å². The second kappa shape index (κ2) is 7.33. The number of hydrogen-bond donors (Lipinski definition) is 1. The van der Waals surface area contributed by atoms with E-state index in [4.69, 9.17) is 0 Å². The first-order chi connectivity index (χ1) is 10.7. The summed E-state index contributed by atoms with van der Waals surface area (Å²) < 4.78 is 2.33. The Kier molecular flexibility index (Phi) is 5.20. The zero-order chi connectivity index (χ0) is 15.4. The first-order valence-electron chi connectivity index (χ1n) is 8.30. The third kappa shape index (κ3) is 3.73. The second-order valence-electron chi connectivity index (χ2n) is 6.25. The van der Waals surface area contributed by atoms with Gasteiger partial charge >= 0.3 is 0 Å². The molecule has 0 fully saturated rings. The van der Waals surface area contributed by atoms with E-state index in [1.165, 1.54) is 30.1 Å². The van der Waals surface area contributed by atoms with Crippen molar-refractivity contribution in [2.24, 2.45) is 0 Å². The minimum Gasteiger partial charge on any atom is -0.315 e. The molecule has 0 spiro atoms. The van der Waals surface area contributed by atoms with E-state index in [0.29, 0.717) is 5.92 Å². The van der Waals surface area contributed by atoms with Gasteiger partial charge in [-0.15, -0.1) is 21.5 Å². The van der Waals surface area contributed by atoms with Gasteiger partial charge in [0.1, 0.15) is 11.6 Å². The molecule has 22 heavy (non-hydrogen) atoms. The number of fused-ring (bicyclic) bond motifs is 1. The fourth-order valence-corrected chi connectivity index (χ4v) is 3.65. The van der Waals surface area contributed by atoms with Crippen LogP contribution in [0.3, 0.4) is 0 Å². The Labute approximate surface area is 136 Å². The zero-order valence-electron chi connectivity index (χ0n) is 13.5. The van der Waals surface area contributed by atoms with Crippen molar-refractivity contribution >= 4 is 11.3 Å². The molecule has 0 bridgehead atoms. The molecule has 0 atom stereocenters. The number of nitrogens with one attached hydrogen (secondary N) is 1. The lowest BCUT2D eigenvalue weighted by molar-refractivity contribution is 0.586. The summed E-state index contributed by atoms with van der Waals surface area (Å²) in [5.74, 6) is 2.82. The maximum atomic E-state index is 4.65. The lowest BCUT2D eigenvalue weighted by Gasteiger charge is -2.07. The van der Waals surface area contributed by atoms with Gasteiger partial charge in [0.2, 0.25) is 0 Å². The normalized spacial score (nSPS) is 15.0. The van der Waals surface area contributed by atoms with Gasteiger partial charge in [-0.05, 0) is 12.8 Å². The molecule has 5 nitrogen and oxygen atoms in total. The highest BCUT2D eigenvalue weighted by Crippen LogP contribution is 2.19. The fraction of sp³-hybridized carbons (Fsp3) is 0.688. The summed E-state index contributed by atoms with van der Waals surface area (Å²) in [5.41, 5.74) is 1.15. The Balaban J connectivity index is 1.48. The van der Waals surface area contributed by atoms with E-state index in [1.54, 1.807) is 11.3 Å². The first kappa shape index (κ1) is 15.6. The van der Waals surface area contributed by atoms with Crippen LogP contribution in [0.2, 0.25) is 0 Å². The summed E-state index contributed by atoms with van der Waals surface area (Å²) in [6.07, 6.45) is 5.83. The third-order valence-corrected chi connectivity index (χ3v) is 5.28. The van der Waals surface area contributed by atoms with E-state index < -0.39 is 0 Å². The maximum absolute atomic E-state index is 4.65. The van der Waals surface area contributed by atoms with Crippen LogP contribution in [0.25, 0.3) is 0 Å². The van der Waals surface area contributed by atoms with Gasteiger partial charge in [-0.1, -0.05) is 20.3 Å². The van der Waals surface area contributed by atoms with Crippen LogP contribution in [-0.4, -0.2) is 26.3 Å². The first-order valence-corrected chi connectivity index (χ1v) is 9.18. The second-order valence-corrected chi connectivity index (χ2v) is 7.14. The number of thiazole rings is 1. The van der Waals surface area contributed by atoms with E-state index in [0.717, 1.165) is 44.0 Å². The predicted octanol–water partition coefficient (Wildman–Crippen LogP) is 2.92. The van der Waals surface area contributed by atoms with E-state index in [9.17, 15) is 0 Å². The monoisotopic (exact) mass is 319 g/mol. The molecule has 0 amide bonds. The van der Waals surface area contributed by atoms with Gasteiger partial charge in [0.15, 0.2) is 0 Å². The van der Waals surface area contributed by atoms with Crippen molar-refractivity contribution < 1.29 is 0 Å². The van der Waals surface area contributed by atoms with E-state index in [-0.39, 0.29) is 0 Å². The largest absolute Gasteiger partial charge is 0.315 e. The smallest absolute Gasteiger partial charge is 0.134 e. The summed E-state index contributed by atoms with van der Waals surface area (Å²) in [7, 11) is 0. The molecule has 2 aromatic heterocycles. The molecule has 2 aromatic rings. The van der Waals surface area contributed by atoms with Crippen LogP contribution >= 0.6 is 11.3 Å². The van der Waals surface area contributed by atoms with Crippen LogP contribution in [0, 0.1) is 0 Å². The van der Waals surface area contributed by atoms with Crippen LogP contribution < -0.4 is 5.32 Å². The average molecular weight is 319 g/mol. The Morgan fingerprint density at radius 1 is 1.27 bits per heavy atom. The van der Waals surface area contributed by atoms with Crippen LogP contribution in [0.5, 0.6) is 0 Å². The van der Waals surface area contributed by atoms with Crippen LogP contribution in [-0.2, 0) is 25.9 Å². The quantitative estimate of drug-likeness (QED) is 0.832. The van der Waals surface area contributed by atoms with Crippen LogP contribution in [0.1, 0.15) is 61.4 Å². The minimum atomic E-state index is 0.519. The van der Waals surface area contributed by atoms with Crippen molar-refractivity contribution in [3.8, 4) is 0 Å². The summed E-state index contributed by atoms with van der Waals surface area (Å²) in [6, 6.07) is 0. The summed E-state index contributed by atoms with van der Waals surface area (Å²) in [6.45, 7) is 7.22. The average Bonchev–Trinajstić information content (AvgIpc) is 3.05. The van der Waals surface area contributed by atoms with Gasteiger partial charge in [0, 0.05) is 43.8 Å². The molecule has 0 radical (unpaired) electrons. The van der Waals surface area contributed by atoms with Crippen molar-refractivity contribution in [1.82, 2.24) is 25.1 Å². The number of aromatic nitrogens is 4. The number of rotatable bonds is 6. The topological polar surface area (TPSA) is 55.6 Å². The molecule has 0 saturated heterocycles. The number of nitrogens with zero attached hydrogens (tertiary/aromatic N) is 4. The SMILES string of the molecule is CC(C)c1nc(CNCCc2nnc3n2CCCCC3)cs1. The summed E-state index contributed by atoms with van der Waals surface area (Å²) in [5, 5.41) is 15.6. The molecular formula is C16H25N5S. The molecule has 3 rings (SSSR count). The Bertz CT molecular complexity index is 601. The molecule has 0 unspecified atom stereocenters. The fourth-order valence-electron chi connectivity index (χ4n) is 2.82. The van der Waals surface area contributed by atoms with Gasteiger partial charge in [0.05, 0.1) is 10.7 Å². The predicted molar refractivity (Wildman–Crippen MR) is 89.2 cm³/mol. The highest BCUT2D eigenvalue weighted by molar-refractivity contribution is 7.09. The van der Waals surface area contributed by atoms with Crippen LogP contribution in [0.15, 0.2) is 5.38 Å². The molecule has 0 aromatic carbocycles. The van der Waals surface area contributed by atoms with Gasteiger partial charge in [-0.3, -0.25) is 0 Å². The lowest BCUT2D eigenvalue weighted by Crippen LogP contribution is -2.19. The molecule has 0 aliphatic carbocycles. The van der Waals surface area contributed by atoms with Crippen molar-refractivity contribution in [2.45, 2.75) is 65.0 Å². The minimum absolute atomic E-state index is 0.519. The van der Waals surface area contributed by atoms with Crippen LogP contribution in [0.4, 0.5) is 0 Å². The van der Waals surface area contributed by atoms with Crippen molar-refractivity contribution in [1.29, 1.82) is 0 Å². The molecule has 120 valence electrons. The molecule has 1 aliphatic heterocycles. The molecular weight excluding hydrogens is 294 g/mol. The maximum Gasteiger partial charge on any atom is 0.134 e. The molecule has 0 saturated carbocycles. The van der Waals surface area contributed by atoms with Crippen molar-refractivity contribution in [2.75, 3.05) is 6.54 Å². The highest BCUT2D eigenvalue weighted by atomic mass is 32.1. The van der Waals surface area contributed by atoms with E-state index >= 15 is 0 Å². The van der Waals surface area contributed by atoms with Gasteiger partial charge in [0.25, 0.3) is 0 Å². The third-order valence-electron chi connectivity index (χ3n) is 4.08. The van der Waals surface area contributed by atoms with E-state index in [2.05, 4.69) is 44.3 Å². The Morgan fingerprint density at radius 2 is 2.18 bits per heavy atom.